The van der Waals surface area contributed by atoms with Crippen molar-refractivity contribution in [2.45, 2.75) is 25.7 Å². The Morgan fingerprint density at radius 3 is 1.86 bits per heavy atom. The van der Waals surface area contributed by atoms with E-state index in [2.05, 4.69) is 60.8 Å². The van der Waals surface area contributed by atoms with Gasteiger partial charge in [0, 0.05) is 0 Å². The van der Waals surface area contributed by atoms with E-state index >= 15 is 0 Å². The van der Waals surface area contributed by atoms with Crippen LogP contribution in [0.1, 0.15) is 25.7 Å². The lowest BCUT2D eigenvalue weighted by molar-refractivity contribution is 1.04. The van der Waals surface area contributed by atoms with Gasteiger partial charge in [0.15, 0.2) is 0 Å². The molecule has 0 fully saturated rings. The van der Waals surface area contributed by atoms with E-state index in [0.29, 0.717) is 0 Å². The second kappa shape index (κ2) is 8.31. The van der Waals surface area contributed by atoms with Gasteiger partial charge >= 0.3 is 0 Å². The minimum Gasteiger partial charge on any atom is -0.0879 e. The Morgan fingerprint density at radius 1 is 0.429 bits per heavy atom. The average Bonchev–Trinajstić information content (AvgIpc) is 2.22. The van der Waals surface area contributed by atoms with Crippen molar-refractivity contribution in [1.29, 1.82) is 0 Å². The summed E-state index contributed by atoms with van der Waals surface area (Å²) in [6.45, 7) is 0. The van der Waals surface area contributed by atoms with Gasteiger partial charge in [0.25, 0.3) is 0 Å². The molecule has 0 aromatic rings. The monoisotopic (exact) mass is 186 g/mol. The van der Waals surface area contributed by atoms with Gasteiger partial charge in [0.1, 0.15) is 0 Å². The molecule has 0 saturated heterocycles. The zero-order valence-electron chi connectivity index (χ0n) is 8.60. The summed E-state index contributed by atoms with van der Waals surface area (Å²) in [5.74, 6) is 0. The summed E-state index contributed by atoms with van der Waals surface area (Å²) < 4.78 is 0. The summed E-state index contributed by atoms with van der Waals surface area (Å²) in [5.41, 5.74) is 0. The molecule has 0 saturated carbocycles. The minimum absolute atomic E-state index is 1.03. The van der Waals surface area contributed by atoms with Crippen LogP contribution in [0.25, 0.3) is 0 Å². The predicted octanol–water partition coefficient (Wildman–Crippen LogP) is 4.34. The van der Waals surface area contributed by atoms with Crippen LogP contribution < -0.4 is 0 Å². The molecule has 0 aliphatic heterocycles. The van der Waals surface area contributed by atoms with Crippen LogP contribution in [0.2, 0.25) is 0 Å². The molecule has 0 unspecified atom stereocenters. The minimum atomic E-state index is 1.03. The van der Waals surface area contributed by atoms with E-state index in [4.69, 9.17) is 0 Å². The van der Waals surface area contributed by atoms with Crippen LogP contribution in [0.3, 0.4) is 0 Å². The Hall–Kier alpha value is -1.30. The lowest BCUT2D eigenvalue weighted by Crippen LogP contribution is -1.66. The van der Waals surface area contributed by atoms with Gasteiger partial charge < -0.3 is 0 Å². The Kier molecular flexibility index (Phi) is 6.39. The largest absolute Gasteiger partial charge is 0.0879 e. The maximum Gasteiger partial charge on any atom is -0.0166 e. The SMILES string of the molecule is C1=CCC\C=C/C=C/C=C\C/C=C\C1. The summed E-state index contributed by atoms with van der Waals surface area (Å²) in [5, 5.41) is 0. The van der Waals surface area contributed by atoms with Gasteiger partial charge in [-0.15, -0.1) is 0 Å². The Bertz CT molecular complexity index is 262. The molecule has 0 spiro atoms. The molecular weight excluding hydrogens is 168 g/mol. The lowest BCUT2D eigenvalue weighted by Gasteiger charge is -1.87. The molecule has 0 amide bonds. The Labute approximate surface area is 87.0 Å². The Balaban J connectivity index is 2.45. The van der Waals surface area contributed by atoms with Crippen LogP contribution in [0, 0.1) is 0 Å². The van der Waals surface area contributed by atoms with Crippen LogP contribution >= 0.6 is 0 Å². The molecule has 0 heterocycles. The summed E-state index contributed by atoms with van der Waals surface area (Å²) in [6.07, 6.45) is 26.0. The molecule has 0 aromatic heterocycles. The van der Waals surface area contributed by atoms with E-state index in [1.165, 1.54) is 0 Å². The maximum atomic E-state index is 2.25. The second-order valence-electron chi connectivity index (χ2n) is 3.23. The fraction of sp³-hybridized carbons (Fsp3) is 0.286. The normalized spacial score (nSPS) is 27.4. The lowest BCUT2D eigenvalue weighted by atomic mass is 10.2. The zero-order chi connectivity index (χ0) is 9.90. The number of hydrogen-bond donors (Lipinski definition) is 0. The predicted molar refractivity (Wildman–Crippen MR) is 64.2 cm³/mol. The van der Waals surface area contributed by atoms with Crippen molar-refractivity contribution >= 4 is 0 Å². The Morgan fingerprint density at radius 2 is 1.00 bits per heavy atom. The van der Waals surface area contributed by atoms with Crippen molar-refractivity contribution in [3.63, 3.8) is 0 Å². The van der Waals surface area contributed by atoms with Gasteiger partial charge in [-0.05, 0) is 25.7 Å². The molecule has 14 heavy (non-hydrogen) atoms. The van der Waals surface area contributed by atoms with Crippen molar-refractivity contribution in [3.05, 3.63) is 60.8 Å². The van der Waals surface area contributed by atoms with E-state index in [-0.39, 0.29) is 0 Å². The number of hydrogen-bond acceptors (Lipinski definition) is 0. The quantitative estimate of drug-likeness (QED) is 0.494. The van der Waals surface area contributed by atoms with Crippen molar-refractivity contribution in [2.75, 3.05) is 0 Å². The van der Waals surface area contributed by atoms with E-state index in [9.17, 15) is 0 Å². The first kappa shape index (κ1) is 10.8. The maximum absolute atomic E-state index is 2.25. The summed E-state index contributed by atoms with van der Waals surface area (Å²) >= 11 is 0. The molecule has 0 aromatic carbocycles. The van der Waals surface area contributed by atoms with Gasteiger partial charge in [-0.1, -0.05) is 60.8 Å². The first-order valence-electron chi connectivity index (χ1n) is 5.28. The number of rotatable bonds is 0. The van der Waals surface area contributed by atoms with Gasteiger partial charge in [0.2, 0.25) is 0 Å². The fourth-order valence-electron chi connectivity index (χ4n) is 1.22. The first-order valence-corrected chi connectivity index (χ1v) is 5.28. The molecule has 0 bridgehead atoms. The van der Waals surface area contributed by atoms with Crippen molar-refractivity contribution < 1.29 is 0 Å². The molecule has 74 valence electrons. The summed E-state index contributed by atoms with van der Waals surface area (Å²) in [6, 6.07) is 0. The van der Waals surface area contributed by atoms with Crippen molar-refractivity contribution in [3.8, 4) is 0 Å². The van der Waals surface area contributed by atoms with Crippen LogP contribution in [-0.4, -0.2) is 0 Å². The molecule has 0 heteroatoms. The third kappa shape index (κ3) is 6.24. The molecule has 0 atom stereocenters. The van der Waals surface area contributed by atoms with Gasteiger partial charge in [0.05, 0.1) is 0 Å². The van der Waals surface area contributed by atoms with Crippen molar-refractivity contribution in [1.82, 2.24) is 0 Å². The van der Waals surface area contributed by atoms with E-state index in [0.717, 1.165) is 25.7 Å². The standard InChI is InChI=1S/C14H18/c1-2-4-6-8-10-12-14-13-11-9-7-5-3-1/h1-6,9,11-12,14H,7-8,10,13H2/b2-1+,5-3-,6-4-,11-9-,14-12?. The highest BCUT2D eigenvalue weighted by Gasteiger charge is 1.77. The summed E-state index contributed by atoms with van der Waals surface area (Å²) in [4.78, 5) is 0. The third-order valence-corrected chi connectivity index (χ3v) is 1.98. The van der Waals surface area contributed by atoms with Gasteiger partial charge in [-0.25, -0.2) is 0 Å². The fourth-order valence-corrected chi connectivity index (χ4v) is 1.22. The topological polar surface area (TPSA) is 0 Å². The van der Waals surface area contributed by atoms with Crippen LogP contribution in [-0.2, 0) is 0 Å². The molecule has 0 radical (unpaired) electrons. The van der Waals surface area contributed by atoms with Crippen LogP contribution in [0.5, 0.6) is 0 Å². The van der Waals surface area contributed by atoms with Gasteiger partial charge in [-0.2, -0.15) is 0 Å². The first-order chi connectivity index (χ1) is 7.00. The zero-order valence-corrected chi connectivity index (χ0v) is 8.60. The van der Waals surface area contributed by atoms with Crippen LogP contribution in [0.15, 0.2) is 60.8 Å². The molecule has 1 aliphatic rings. The third-order valence-electron chi connectivity index (χ3n) is 1.98. The van der Waals surface area contributed by atoms with Crippen molar-refractivity contribution in [2.24, 2.45) is 0 Å². The molecule has 0 N–H and O–H groups in total. The smallest absolute Gasteiger partial charge is 0.0166 e. The molecule has 1 aliphatic carbocycles. The van der Waals surface area contributed by atoms with E-state index < -0.39 is 0 Å². The molecule has 1 rings (SSSR count). The van der Waals surface area contributed by atoms with Crippen LogP contribution in [0.4, 0.5) is 0 Å². The van der Waals surface area contributed by atoms with Gasteiger partial charge in [-0.3, -0.25) is 0 Å². The summed E-state index contributed by atoms with van der Waals surface area (Å²) in [7, 11) is 0. The van der Waals surface area contributed by atoms with E-state index in [1.54, 1.807) is 0 Å². The highest BCUT2D eigenvalue weighted by atomic mass is 13.8. The second-order valence-corrected chi connectivity index (χ2v) is 3.23. The van der Waals surface area contributed by atoms with E-state index in [1.807, 2.05) is 0 Å². The number of allylic oxidation sites excluding steroid dienone is 10. The molecular formula is C14H18. The highest BCUT2D eigenvalue weighted by Crippen LogP contribution is 1.97. The highest BCUT2D eigenvalue weighted by molar-refractivity contribution is 5.12. The molecule has 0 nitrogen and oxygen atoms in total. The average molecular weight is 186 g/mol.